The Labute approximate surface area is 146 Å². The summed E-state index contributed by atoms with van der Waals surface area (Å²) >= 11 is 0. The second kappa shape index (κ2) is 7.41. The summed E-state index contributed by atoms with van der Waals surface area (Å²) in [5.74, 6) is 0.585. The van der Waals surface area contributed by atoms with Crippen molar-refractivity contribution in [1.82, 2.24) is 20.3 Å². The van der Waals surface area contributed by atoms with Crippen molar-refractivity contribution in [2.24, 2.45) is 0 Å². The average Bonchev–Trinajstić information content (AvgIpc) is 2.95. The third kappa shape index (κ3) is 4.20. The summed E-state index contributed by atoms with van der Waals surface area (Å²) in [4.78, 5) is 27.3. The number of carbonyl (C=O) groups is 2. The molecule has 8 nitrogen and oxygen atoms in total. The summed E-state index contributed by atoms with van der Waals surface area (Å²) in [6.45, 7) is 1.67. The van der Waals surface area contributed by atoms with Crippen LogP contribution in [0, 0.1) is 0 Å². The molecule has 0 aliphatic carbocycles. The molecule has 2 heterocycles. The lowest BCUT2D eigenvalue weighted by molar-refractivity contribution is -0.120. The molecule has 1 aliphatic rings. The number of rotatable bonds is 6. The number of aromatic nitrogens is 1. The molecule has 1 aliphatic heterocycles. The van der Waals surface area contributed by atoms with Crippen LogP contribution in [0.5, 0.6) is 11.6 Å². The van der Waals surface area contributed by atoms with Crippen molar-refractivity contribution in [1.29, 1.82) is 0 Å². The average molecular weight is 360 g/mol. The van der Waals surface area contributed by atoms with Crippen LogP contribution in [0.3, 0.4) is 0 Å². The summed E-state index contributed by atoms with van der Waals surface area (Å²) in [5, 5.41) is 4.61. The molecule has 1 aromatic heterocycles. The normalized spacial score (nSPS) is 19.0. The molecule has 0 saturated carbocycles. The molecule has 25 heavy (non-hydrogen) atoms. The third-order valence-corrected chi connectivity index (χ3v) is 4.78. The molecule has 1 fully saturated rings. The maximum Gasteiger partial charge on any atom is 0.322 e. The van der Waals surface area contributed by atoms with E-state index in [-0.39, 0.29) is 0 Å². The number of hydrogen-bond donors (Lipinski definition) is 3. The standard InChI is InChI=1S/C16H16N4O4S/c1-10(14-15(21)19-16(22)18-14)20-25(23)12-7-5-11(6-8-12)24-13-4-2-3-9-17-13/h2-10,14,20H,1H3,(H2,18,19,21,22)/t10-,14?,25?/m1/s1. The highest BCUT2D eigenvalue weighted by atomic mass is 32.2. The molecule has 2 aromatic rings. The number of nitrogens with zero attached hydrogens (tertiary/aromatic N) is 1. The van der Waals surface area contributed by atoms with Gasteiger partial charge in [-0.25, -0.2) is 18.7 Å². The monoisotopic (exact) mass is 360 g/mol. The second-order valence-corrected chi connectivity index (χ2v) is 6.60. The van der Waals surface area contributed by atoms with Crippen LogP contribution in [0.2, 0.25) is 0 Å². The van der Waals surface area contributed by atoms with Crippen LogP contribution in [-0.2, 0) is 15.8 Å². The fraction of sp³-hybridized carbons (Fsp3) is 0.188. The Bertz CT molecular complexity index is 798. The Morgan fingerprint density at radius 1 is 1.20 bits per heavy atom. The van der Waals surface area contributed by atoms with E-state index in [9.17, 15) is 13.8 Å². The van der Waals surface area contributed by atoms with E-state index in [1.807, 2.05) is 6.07 Å². The lowest BCUT2D eigenvalue weighted by atomic mass is 10.1. The first-order valence-electron chi connectivity index (χ1n) is 7.51. The van der Waals surface area contributed by atoms with Gasteiger partial charge < -0.3 is 10.1 Å². The van der Waals surface area contributed by atoms with Crippen LogP contribution in [-0.4, -0.2) is 33.2 Å². The van der Waals surface area contributed by atoms with Gasteiger partial charge >= 0.3 is 6.03 Å². The summed E-state index contributed by atoms with van der Waals surface area (Å²) < 4.78 is 20.7. The van der Waals surface area contributed by atoms with Crippen LogP contribution >= 0.6 is 0 Å². The molecule has 1 saturated heterocycles. The minimum atomic E-state index is -1.54. The van der Waals surface area contributed by atoms with E-state index in [4.69, 9.17) is 4.74 Å². The topological polar surface area (TPSA) is 109 Å². The van der Waals surface area contributed by atoms with Crippen LogP contribution in [0.15, 0.2) is 53.6 Å². The molecule has 9 heteroatoms. The number of pyridine rings is 1. The SMILES string of the molecule is C[C@@H](NS(=O)c1ccc(Oc2ccccn2)cc1)C1NC(=O)NC1=O. The van der Waals surface area contributed by atoms with Gasteiger partial charge in [0.1, 0.15) is 22.8 Å². The summed E-state index contributed by atoms with van der Waals surface area (Å²) in [6, 6.07) is 10.2. The van der Waals surface area contributed by atoms with Crippen LogP contribution in [0.1, 0.15) is 6.92 Å². The second-order valence-electron chi connectivity index (χ2n) is 5.36. The zero-order valence-electron chi connectivity index (χ0n) is 13.3. The zero-order valence-corrected chi connectivity index (χ0v) is 14.1. The molecule has 3 amide bonds. The van der Waals surface area contributed by atoms with Crippen molar-refractivity contribution >= 4 is 22.9 Å². The van der Waals surface area contributed by atoms with E-state index >= 15 is 0 Å². The number of hydrogen-bond acceptors (Lipinski definition) is 5. The summed E-state index contributed by atoms with van der Waals surface area (Å²) in [7, 11) is -1.54. The molecule has 130 valence electrons. The van der Waals surface area contributed by atoms with Gasteiger partial charge in [-0.15, -0.1) is 0 Å². The Balaban J connectivity index is 1.61. The Morgan fingerprint density at radius 3 is 2.56 bits per heavy atom. The Morgan fingerprint density at radius 2 is 1.96 bits per heavy atom. The van der Waals surface area contributed by atoms with E-state index in [1.54, 1.807) is 49.5 Å². The first kappa shape index (κ1) is 17.1. The van der Waals surface area contributed by atoms with Gasteiger partial charge in [-0.3, -0.25) is 10.1 Å². The molecule has 1 aromatic carbocycles. The van der Waals surface area contributed by atoms with Crippen LogP contribution < -0.4 is 20.1 Å². The summed E-state index contributed by atoms with van der Waals surface area (Å²) in [5.41, 5.74) is 0. The van der Waals surface area contributed by atoms with Crippen molar-refractivity contribution < 1.29 is 18.5 Å². The van der Waals surface area contributed by atoms with E-state index in [2.05, 4.69) is 20.3 Å². The highest BCUT2D eigenvalue weighted by Crippen LogP contribution is 2.20. The molecule has 3 N–H and O–H groups in total. The fourth-order valence-corrected chi connectivity index (χ4v) is 3.24. The van der Waals surface area contributed by atoms with E-state index in [0.29, 0.717) is 16.5 Å². The van der Waals surface area contributed by atoms with Crippen LogP contribution in [0.25, 0.3) is 0 Å². The molecule has 0 spiro atoms. The van der Waals surface area contributed by atoms with Crippen LogP contribution in [0.4, 0.5) is 4.79 Å². The van der Waals surface area contributed by atoms with Gasteiger partial charge in [-0.05, 0) is 37.3 Å². The largest absolute Gasteiger partial charge is 0.439 e. The van der Waals surface area contributed by atoms with Crippen molar-refractivity contribution in [3.8, 4) is 11.6 Å². The van der Waals surface area contributed by atoms with Gasteiger partial charge in [-0.1, -0.05) is 6.07 Å². The maximum absolute atomic E-state index is 12.4. The highest BCUT2D eigenvalue weighted by Gasteiger charge is 2.34. The first-order chi connectivity index (χ1) is 12.0. The number of carbonyl (C=O) groups excluding carboxylic acids is 2. The number of amides is 3. The van der Waals surface area contributed by atoms with Gasteiger partial charge in [0.15, 0.2) is 0 Å². The van der Waals surface area contributed by atoms with E-state index in [0.717, 1.165) is 0 Å². The molecule has 0 radical (unpaired) electrons. The van der Waals surface area contributed by atoms with E-state index < -0.39 is 35.0 Å². The Hall–Kier alpha value is -2.78. The lowest BCUT2D eigenvalue weighted by Crippen LogP contribution is -2.47. The highest BCUT2D eigenvalue weighted by molar-refractivity contribution is 7.83. The number of urea groups is 1. The summed E-state index contributed by atoms with van der Waals surface area (Å²) in [6.07, 6.45) is 1.63. The molecular formula is C16H16N4O4S. The number of ether oxygens (including phenoxy) is 1. The molecule has 3 rings (SSSR count). The molecule has 0 bridgehead atoms. The molecule has 3 atom stereocenters. The Kier molecular flexibility index (Phi) is 5.05. The predicted octanol–water partition coefficient (Wildman–Crippen LogP) is 1.08. The number of benzene rings is 1. The van der Waals surface area contributed by atoms with Crippen molar-refractivity contribution in [3.05, 3.63) is 48.7 Å². The quantitative estimate of drug-likeness (QED) is 0.668. The van der Waals surface area contributed by atoms with E-state index in [1.165, 1.54) is 0 Å². The number of imide groups is 1. The van der Waals surface area contributed by atoms with Crippen molar-refractivity contribution in [2.45, 2.75) is 23.9 Å². The zero-order chi connectivity index (χ0) is 17.8. The molecule has 2 unspecified atom stereocenters. The predicted molar refractivity (Wildman–Crippen MR) is 90.2 cm³/mol. The van der Waals surface area contributed by atoms with Crippen molar-refractivity contribution in [2.75, 3.05) is 0 Å². The van der Waals surface area contributed by atoms with Gasteiger partial charge in [-0.2, -0.15) is 0 Å². The number of nitrogens with one attached hydrogen (secondary N) is 3. The van der Waals surface area contributed by atoms with Gasteiger partial charge in [0.25, 0.3) is 5.91 Å². The molecular weight excluding hydrogens is 344 g/mol. The lowest BCUT2D eigenvalue weighted by Gasteiger charge is -2.17. The fourth-order valence-electron chi connectivity index (χ4n) is 2.25. The maximum atomic E-state index is 12.4. The van der Waals surface area contributed by atoms with Crippen molar-refractivity contribution in [3.63, 3.8) is 0 Å². The first-order valence-corrected chi connectivity index (χ1v) is 8.66. The van der Waals surface area contributed by atoms with Gasteiger partial charge in [0.2, 0.25) is 5.88 Å². The minimum absolute atomic E-state index is 0.443. The van der Waals surface area contributed by atoms with Gasteiger partial charge in [0.05, 0.1) is 4.90 Å². The van der Waals surface area contributed by atoms with Gasteiger partial charge in [0, 0.05) is 18.3 Å². The smallest absolute Gasteiger partial charge is 0.322 e. The third-order valence-electron chi connectivity index (χ3n) is 3.50. The minimum Gasteiger partial charge on any atom is -0.439 e.